The number of amides is 1. The molecule has 0 aromatic heterocycles. The molecule has 126 valence electrons. The van der Waals surface area contributed by atoms with Crippen molar-refractivity contribution in [3.05, 3.63) is 35.9 Å². The Morgan fingerprint density at radius 3 is 2.52 bits per heavy atom. The fraction of sp³-hybridized carbons (Fsp3) is 0.529. The molecule has 1 aromatic carbocycles. The van der Waals surface area contributed by atoms with Gasteiger partial charge in [0.15, 0.2) is 0 Å². The molecule has 6 nitrogen and oxygen atoms in total. The van der Waals surface area contributed by atoms with Gasteiger partial charge in [0.05, 0.1) is 0 Å². The molecule has 2 N–H and O–H groups in total. The van der Waals surface area contributed by atoms with Gasteiger partial charge >= 0.3 is 12.1 Å². The summed E-state index contributed by atoms with van der Waals surface area (Å²) in [6, 6.07) is 8.45. The average molecular weight is 320 g/mol. The maximum absolute atomic E-state index is 12.3. The van der Waals surface area contributed by atoms with Gasteiger partial charge in [0.25, 0.3) is 0 Å². The van der Waals surface area contributed by atoms with Crippen molar-refractivity contribution in [2.24, 2.45) is 5.73 Å². The lowest BCUT2D eigenvalue weighted by molar-refractivity contribution is -0.150. The van der Waals surface area contributed by atoms with Crippen molar-refractivity contribution in [2.45, 2.75) is 51.5 Å². The normalized spacial score (nSPS) is 21.1. The van der Waals surface area contributed by atoms with Crippen molar-refractivity contribution >= 4 is 12.1 Å². The third kappa shape index (κ3) is 4.96. The second-order valence-electron chi connectivity index (χ2n) is 6.74. The first-order valence-electron chi connectivity index (χ1n) is 7.72. The number of carbonyl (C=O) groups excluding carboxylic acids is 2. The van der Waals surface area contributed by atoms with Gasteiger partial charge in [-0.15, -0.1) is 0 Å². The third-order valence-corrected chi connectivity index (χ3v) is 3.46. The minimum atomic E-state index is -0.691. The van der Waals surface area contributed by atoms with E-state index in [1.807, 2.05) is 30.3 Å². The van der Waals surface area contributed by atoms with E-state index in [0.717, 1.165) is 5.56 Å². The van der Waals surface area contributed by atoms with Crippen LogP contribution in [0.2, 0.25) is 0 Å². The van der Waals surface area contributed by atoms with Gasteiger partial charge in [-0.3, -0.25) is 4.90 Å². The number of benzene rings is 1. The lowest BCUT2D eigenvalue weighted by Crippen LogP contribution is -2.44. The number of esters is 1. The summed E-state index contributed by atoms with van der Waals surface area (Å²) in [5, 5.41) is 0. The van der Waals surface area contributed by atoms with Gasteiger partial charge in [-0.25, -0.2) is 9.59 Å². The summed E-state index contributed by atoms with van der Waals surface area (Å²) < 4.78 is 10.7. The number of ether oxygens (including phenoxy) is 2. The fourth-order valence-corrected chi connectivity index (χ4v) is 2.44. The molecular weight excluding hydrogens is 296 g/mol. The van der Waals surface area contributed by atoms with Crippen molar-refractivity contribution < 1.29 is 19.1 Å². The Bertz CT molecular complexity index is 553. The second-order valence-corrected chi connectivity index (χ2v) is 6.74. The Morgan fingerprint density at radius 1 is 1.26 bits per heavy atom. The van der Waals surface area contributed by atoms with Crippen molar-refractivity contribution in [1.29, 1.82) is 0 Å². The van der Waals surface area contributed by atoms with E-state index < -0.39 is 23.7 Å². The lowest BCUT2D eigenvalue weighted by Gasteiger charge is -2.27. The summed E-state index contributed by atoms with van der Waals surface area (Å²) in [6.07, 6.45) is -0.153. The molecule has 2 rings (SSSR count). The molecule has 1 aliphatic rings. The molecule has 1 amide bonds. The van der Waals surface area contributed by atoms with Crippen LogP contribution >= 0.6 is 0 Å². The minimum absolute atomic E-state index is 0.174. The Labute approximate surface area is 136 Å². The summed E-state index contributed by atoms with van der Waals surface area (Å²) in [5.41, 5.74) is 6.18. The molecule has 1 heterocycles. The number of nitrogens with zero attached hydrogens (tertiary/aromatic N) is 1. The Kier molecular flexibility index (Phi) is 5.26. The molecule has 1 aliphatic heterocycles. The Balaban J connectivity index is 1.98. The third-order valence-electron chi connectivity index (χ3n) is 3.46. The van der Waals surface area contributed by atoms with Crippen LogP contribution in [0.5, 0.6) is 0 Å². The van der Waals surface area contributed by atoms with E-state index in [0.29, 0.717) is 13.0 Å². The van der Waals surface area contributed by atoms with Crippen LogP contribution in [0.1, 0.15) is 32.8 Å². The van der Waals surface area contributed by atoms with E-state index in [-0.39, 0.29) is 12.6 Å². The van der Waals surface area contributed by atoms with Gasteiger partial charge in [0.1, 0.15) is 18.2 Å². The molecule has 0 spiro atoms. The highest BCUT2D eigenvalue weighted by Crippen LogP contribution is 2.21. The zero-order valence-corrected chi connectivity index (χ0v) is 13.8. The molecule has 23 heavy (non-hydrogen) atoms. The van der Waals surface area contributed by atoms with E-state index >= 15 is 0 Å². The number of likely N-dealkylation sites (tertiary alicyclic amines) is 1. The van der Waals surface area contributed by atoms with Crippen LogP contribution in [-0.2, 0) is 20.9 Å². The van der Waals surface area contributed by atoms with E-state index in [1.54, 1.807) is 20.8 Å². The van der Waals surface area contributed by atoms with Gasteiger partial charge in [0.2, 0.25) is 0 Å². The Hall–Kier alpha value is -2.08. The molecule has 0 radical (unpaired) electrons. The van der Waals surface area contributed by atoms with Gasteiger partial charge < -0.3 is 15.2 Å². The van der Waals surface area contributed by atoms with Crippen molar-refractivity contribution in [2.75, 3.05) is 6.54 Å². The number of hydrogen-bond donors (Lipinski definition) is 1. The highest BCUT2D eigenvalue weighted by molar-refractivity contribution is 5.82. The first-order chi connectivity index (χ1) is 10.8. The molecule has 2 atom stereocenters. The minimum Gasteiger partial charge on any atom is -0.459 e. The molecule has 1 saturated heterocycles. The van der Waals surface area contributed by atoms with Crippen LogP contribution in [-0.4, -0.2) is 41.2 Å². The summed E-state index contributed by atoms with van der Waals surface area (Å²) in [6.45, 7) is 5.81. The summed E-state index contributed by atoms with van der Waals surface area (Å²) in [5.74, 6) is -0.451. The standard InChI is InChI=1S/C17H24N2O4/c1-17(2,3)23-16(21)19-10-13(18)9-14(19)15(20)22-11-12-7-5-4-6-8-12/h4-8,13-14H,9-11,18H2,1-3H3. The van der Waals surface area contributed by atoms with Crippen LogP contribution in [0.3, 0.4) is 0 Å². The van der Waals surface area contributed by atoms with E-state index in [1.165, 1.54) is 4.90 Å². The summed E-state index contributed by atoms with van der Waals surface area (Å²) >= 11 is 0. The van der Waals surface area contributed by atoms with Crippen LogP contribution in [0.25, 0.3) is 0 Å². The van der Waals surface area contributed by atoms with Crippen LogP contribution in [0, 0.1) is 0 Å². The molecule has 1 fully saturated rings. The first kappa shape index (κ1) is 17.3. The molecule has 0 saturated carbocycles. The molecule has 0 bridgehead atoms. The van der Waals surface area contributed by atoms with Gasteiger partial charge in [-0.05, 0) is 32.8 Å². The molecule has 1 aromatic rings. The van der Waals surface area contributed by atoms with Crippen LogP contribution in [0.15, 0.2) is 30.3 Å². The lowest BCUT2D eigenvalue weighted by atomic mass is 10.2. The SMILES string of the molecule is CC(C)(C)OC(=O)N1CC(N)CC1C(=O)OCc1ccccc1. The summed E-state index contributed by atoms with van der Waals surface area (Å²) in [7, 11) is 0. The quantitative estimate of drug-likeness (QED) is 0.862. The average Bonchev–Trinajstić information content (AvgIpc) is 2.86. The maximum atomic E-state index is 12.3. The predicted octanol–water partition coefficient (Wildman–Crippen LogP) is 2.07. The molecule has 0 aliphatic carbocycles. The fourth-order valence-electron chi connectivity index (χ4n) is 2.44. The predicted molar refractivity (Wildman–Crippen MR) is 85.6 cm³/mol. The zero-order chi connectivity index (χ0) is 17.0. The van der Waals surface area contributed by atoms with Gasteiger partial charge in [0, 0.05) is 12.6 Å². The van der Waals surface area contributed by atoms with Crippen molar-refractivity contribution in [3.8, 4) is 0 Å². The zero-order valence-electron chi connectivity index (χ0n) is 13.8. The van der Waals surface area contributed by atoms with Crippen LogP contribution in [0.4, 0.5) is 4.79 Å². The Morgan fingerprint density at radius 2 is 1.91 bits per heavy atom. The number of rotatable bonds is 3. The number of nitrogens with two attached hydrogens (primary N) is 1. The first-order valence-corrected chi connectivity index (χ1v) is 7.72. The van der Waals surface area contributed by atoms with Crippen molar-refractivity contribution in [3.63, 3.8) is 0 Å². The van der Waals surface area contributed by atoms with Gasteiger partial charge in [-0.1, -0.05) is 30.3 Å². The topological polar surface area (TPSA) is 81.9 Å². The van der Waals surface area contributed by atoms with E-state index in [2.05, 4.69) is 0 Å². The highest BCUT2D eigenvalue weighted by atomic mass is 16.6. The molecule has 6 heteroatoms. The highest BCUT2D eigenvalue weighted by Gasteiger charge is 2.41. The van der Waals surface area contributed by atoms with Crippen molar-refractivity contribution in [1.82, 2.24) is 4.90 Å². The van der Waals surface area contributed by atoms with Gasteiger partial charge in [-0.2, -0.15) is 0 Å². The second kappa shape index (κ2) is 7.00. The largest absolute Gasteiger partial charge is 0.459 e. The molecule has 2 unspecified atom stereocenters. The number of hydrogen-bond acceptors (Lipinski definition) is 5. The number of carbonyl (C=O) groups is 2. The molecular formula is C17H24N2O4. The van der Waals surface area contributed by atoms with E-state index in [9.17, 15) is 9.59 Å². The van der Waals surface area contributed by atoms with Crippen LogP contribution < -0.4 is 5.73 Å². The van der Waals surface area contributed by atoms with E-state index in [4.69, 9.17) is 15.2 Å². The monoisotopic (exact) mass is 320 g/mol. The summed E-state index contributed by atoms with van der Waals surface area (Å²) in [4.78, 5) is 25.9. The maximum Gasteiger partial charge on any atom is 0.411 e. The smallest absolute Gasteiger partial charge is 0.411 e.